The first-order valence-electron chi connectivity index (χ1n) is 10.6. The number of rotatable bonds is 6. The molecule has 2 aromatic carbocycles. The molecule has 4 rings (SSSR count). The fourth-order valence-corrected chi connectivity index (χ4v) is 4.34. The van der Waals surface area contributed by atoms with E-state index in [2.05, 4.69) is 33.0 Å². The van der Waals surface area contributed by atoms with Crippen LogP contribution < -0.4 is 16.4 Å². The summed E-state index contributed by atoms with van der Waals surface area (Å²) in [5.41, 5.74) is 12.3. The minimum Gasteiger partial charge on any atom is -0.508 e. The van der Waals surface area contributed by atoms with Crippen LogP contribution in [0.15, 0.2) is 42.5 Å². The zero-order valence-electron chi connectivity index (χ0n) is 17.9. The van der Waals surface area contributed by atoms with Crippen LogP contribution in [0.2, 0.25) is 0 Å². The number of phenolic OH excluding ortho intramolecular Hbond substituents is 1. The number of H-pyrrole nitrogens is 1. The predicted molar refractivity (Wildman–Crippen MR) is 121 cm³/mol. The zero-order chi connectivity index (χ0) is 22.0. The first kappa shape index (κ1) is 20.9. The summed E-state index contributed by atoms with van der Waals surface area (Å²) in [5.74, 6) is 0.905. The molecule has 0 fully saturated rings. The molecule has 7 heteroatoms. The fraction of sp³-hybridized carbons (Fsp3) is 0.333. The number of aromatic nitrogens is 2. The molecule has 2 heterocycles. The van der Waals surface area contributed by atoms with Gasteiger partial charge in [0.05, 0.1) is 17.8 Å². The number of anilines is 1. The standard InChI is InChI=1S/C24H29N5O2/c1-14-10-17(30)11-15(2)18(14)13-19(25)24(31)27-20-8-9-26-23-22(20)21(28-29-23)12-16-6-4-3-5-7-16/h3-7,10-11,19-20,30H,8-9,12-13,25H2,1-2H3,(H,27,31)(H2,26,28,29). The molecule has 1 aliphatic rings. The van der Waals surface area contributed by atoms with Crippen LogP contribution in [-0.2, 0) is 17.6 Å². The molecule has 0 saturated carbocycles. The van der Waals surface area contributed by atoms with Crippen LogP contribution in [0.1, 0.15) is 46.0 Å². The van der Waals surface area contributed by atoms with Gasteiger partial charge in [0.1, 0.15) is 11.6 Å². The van der Waals surface area contributed by atoms with Crippen molar-refractivity contribution in [3.63, 3.8) is 0 Å². The van der Waals surface area contributed by atoms with Crippen LogP contribution in [0.5, 0.6) is 5.75 Å². The summed E-state index contributed by atoms with van der Waals surface area (Å²) in [4.78, 5) is 13.0. The smallest absolute Gasteiger partial charge is 0.237 e. The number of nitrogens with two attached hydrogens (primary N) is 1. The van der Waals surface area contributed by atoms with Gasteiger partial charge in [-0.1, -0.05) is 30.3 Å². The van der Waals surface area contributed by atoms with Gasteiger partial charge in [0.2, 0.25) is 5.91 Å². The topological polar surface area (TPSA) is 116 Å². The van der Waals surface area contributed by atoms with Gasteiger partial charge in [-0.25, -0.2) is 0 Å². The number of benzene rings is 2. The van der Waals surface area contributed by atoms with E-state index in [1.165, 1.54) is 5.56 Å². The molecule has 1 aliphatic heterocycles. The molecule has 2 atom stereocenters. The Labute approximate surface area is 182 Å². The molecule has 1 aromatic heterocycles. The Kier molecular flexibility index (Phi) is 5.95. The van der Waals surface area contributed by atoms with Crippen molar-refractivity contribution in [3.8, 4) is 5.75 Å². The summed E-state index contributed by atoms with van der Waals surface area (Å²) in [7, 11) is 0. The first-order chi connectivity index (χ1) is 14.9. The summed E-state index contributed by atoms with van der Waals surface area (Å²) >= 11 is 0. The molecule has 31 heavy (non-hydrogen) atoms. The third kappa shape index (κ3) is 4.56. The number of aromatic hydroxyl groups is 1. The molecule has 7 nitrogen and oxygen atoms in total. The molecule has 0 aliphatic carbocycles. The van der Waals surface area contributed by atoms with Crippen molar-refractivity contribution in [2.75, 3.05) is 11.9 Å². The van der Waals surface area contributed by atoms with E-state index in [4.69, 9.17) is 5.73 Å². The number of amides is 1. The number of aryl methyl sites for hydroxylation is 2. The molecule has 2 unspecified atom stereocenters. The van der Waals surface area contributed by atoms with Crippen molar-refractivity contribution in [2.45, 2.75) is 45.2 Å². The van der Waals surface area contributed by atoms with E-state index < -0.39 is 6.04 Å². The highest BCUT2D eigenvalue weighted by Crippen LogP contribution is 2.32. The Morgan fingerprint density at radius 3 is 2.68 bits per heavy atom. The van der Waals surface area contributed by atoms with Crippen LogP contribution in [0.4, 0.5) is 5.82 Å². The Morgan fingerprint density at radius 1 is 1.26 bits per heavy atom. The lowest BCUT2D eigenvalue weighted by Gasteiger charge is -2.27. The lowest BCUT2D eigenvalue weighted by Crippen LogP contribution is -2.45. The van der Waals surface area contributed by atoms with Crippen LogP contribution >= 0.6 is 0 Å². The molecule has 3 aromatic rings. The van der Waals surface area contributed by atoms with Crippen LogP contribution in [0, 0.1) is 13.8 Å². The van der Waals surface area contributed by atoms with Crippen molar-refractivity contribution in [1.29, 1.82) is 0 Å². The van der Waals surface area contributed by atoms with Gasteiger partial charge < -0.3 is 21.5 Å². The van der Waals surface area contributed by atoms with Crippen LogP contribution in [0.25, 0.3) is 0 Å². The number of nitrogens with one attached hydrogen (secondary N) is 3. The average Bonchev–Trinajstić information content (AvgIpc) is 3.15. The van der Waals surface area contributed by atoms with E-state index in [0.717, 1.165) is 46.7 Å². The number of phenols is 1. The van der Waals surface area contributed by atoms with Crippen molar-refractivity contribution < 1.29 is 9.90 Å². The number of fused-ring (bicyclic) bond motifs is 1. The first-order valence-corrected chi connectivity index (χ1v) is 10.6. The summed E-state index contributed by atoms with van der Waals surface area (Å²) < 4.78 is 0. The van der Waals surface area contributed by atoms with Gasteiger partial charge in [-0.3, -0.25) is 9.89 Å². The molecule has 162 valence electrons. The number of hydrogen-bond donors (Lipinski definition) is 5. The molecule has 0 saturated heterocycles. The highest BCUT2D eigenvalue weighted by Gasteiger charge is 2.29. The summed E-state index contributed by atoms with van der Waals surface area (Å²) in [6, 6.07) is 12.7. The molecule has 0 bridgehead atoms. The van der Waals surface area contributed by atoms with Gasteiger partial charge in [-0.2, -0.15) is 5.10 Å². The maximum atomic E-state index is 13.0. The van der Waals surface area contributed by atoms with Crippen molar-refractivity contribution >= 4 is 11.7 Å². The van der Waals surface area contributed by atoms with Crippen LogP contribution in [-0.4, -0.2) is 33.8 Å². The minimum atomic E-state index is -0.676. The Morgan fingerprint density at radius 2 is 1.97 bits per heavy atom. The van der Waals surface area contributed by atoms with Crippen LogP contribution in [0.3, 0.4) is 0 Å². The number of hydrogen-bond acceptors (Lipinski definition) is 5. The molecule has 0 radical (unpaired) electrons. The predicted octanol–water partition coefficient (Wildman–Crippen LogP) is 2.87. The monoisotopic (exact) mass is 419 g/mol. The normalized spacial score (nSPS) is 16.3. The van der Waals surface area contributed by atoms with Gasteiger partial charge in [-0.15, -0.1) is 0 Å². The highest BCUT2D eigenvalue weighted by atomic mass is 16.3. The van der Waals surface area contributed by atoms with E-state index in [1.54, 1.807) is 12.1 Å². The van der Waals surface area contributed by atoms with Crippen molar-refractivity contribution in [3.05, 3.63) is 76.0 Å². The van der Waals surface area contributed by atoms with Gasteiger partial charge in [0.15, 0.2) is 0 Å². The summed E-state index contributed by atoms with van der Waals surface area (Å²) in [5, 5.41) is 23.8. The summed E-state index contributed by atoms with van der Waals surface area (Å²) in [6.07, 6.45) is 1.88. The molecule has 1 amide bonds. The molecule has 6 N–H and O–H groups in total. The number of aromatic amines is 1. The quantitative estimate of drug-likeness (QED) is 0.421. The third-order valence-electron chi connectivity index (χ3n) is 5.94. The third-order valence-corrected chi connectivity index (χ3v) is 5.94. The number of carbonyl (C=O) groups is 1. The van der Waals surface area contributed by atoms with Gasteiger partial charge in [0.25, 0.3) is 0 Å². The number of carbonyl (C=O) groups excluding carboxylic acids is 1. The maximum absolute atomic E-state index is 13.0. The lowest BCUT2D eigenvalue weighted by molar-refractivity contribution is -0.123. The highest BCUT2D eigenvalue weighted by molar-refractivity contribution is 5.82. The van der Waals surface area contributed by atoms with Crippen molar-refractivity contribution in [2.24, 2.45) is 5.73 Å². The molecule has 0 spiro atoms. The van der Waals surface area contributed by atoms with E-state index in [-0.39, 0.29) is 17.7 Å². The minimum absolute atomic E-state index is 0.144. The van der Waals surface area contributed by atoms with E-state index in [1.807, 2.05) is 32.0 Å². The van der Waals surface area contributed by atoms with Gasteiger partial charge in [0, 0.05) is 18.5 Å². The lowest BCUT2D eigenvalue weighted by atomic mass is 9.94. The van der Waals surface area contributed by atoms with E-state index in [9.17, 15) is 9.90 Å². The Balaban J connectivity index is 1.49. The Hall–Kier alpha value is -3.32. The molecular weight excluding hydrogens is 390 g/mol. The molecular formula is C24H29N5O2. The van der Waals surface area contributed by atoms with E-state index >= 15 is 0 Å². The van der Waals surface area contributed by atoms with Crippen molar-refractivity contribution in [1.82, 2.24) is 15.5 Å². The van der Waals surface area contributed by atoms with E-state index in [0.29, 0.717) is 12.8 Å². The maximum Gasteiger partial charge on any atom is 0.237 e. The average molecular weight is 420 g/mol. The number of nitrogens with zero attached hydrogens (tertiary/aromatic N) is 1. The largest absolute Gasteiger partial charge is 0.508 e. The second-order valence-corrected chi connectivity index (χ2v) is 8.27. The SMILES string of the molecule is Cc1cc(O)cc(C)c1CC(N)C(=O)NC1CCNc2[nH]nc(Cc3ccccc3)c21. The second kappa shape index (κ2) is 8.81. The van der Waals surface area contributed by atoms with Gasteiger partial charge >= 0.3 is 0 Å². The fourth-order valence-electron chi connectivity index (χ4n) is 4.34. The second-order valence-electron chi connectivity index (χ2n) is 8.27. The van der Waals surface area contributed by atoms with Gasteiger partial charge in [-0.05, 0) is 61.1 Å². The zero-order valence-corrected chi connectivity index (χ0v) is 17.9. The Bertz CT molecular complexity index is 1050. The summed E-state index contributed by atoms with van der Waals surface area (Å²) in [6.45, 7) is 4.59.